The second-order valence-electron chi connectivity index (χ2n) is 8.89. The second-order valence-corrected chi connectivity index (χ2v) is 8.89. The van der Waals surface area contributed by atoms with Gasteiger partial charge in [0.25, 0.3) is 0 Å². The topological polar surface area (TPSA) is 78.9 Å². The Hall–Kier alpha value is -4.52. The Labute approximate surface area is 221 Å². The zero-order chi connectivity index (χ0) is 27.8. The van der Waals surface area contributed by atoms with Gasteiger partial charge < -0.3 is 14.2 Å². The lowest BCUT2D eigenvalue weighted by Crippen LogP contribution is -2.20. The van der Waals surface area contributed by atoms with E-state index in [1.54, 1.807) is 44.2 Å². The molecule has 0 spiro atoms. The van der Waals surface area contributed by atoms with E-state index >= 15 is 4.39 Å². The monoisotopic (exact) mass is 516 g/mol. The average Bonchev–Trinajstić information content (AvgIpc) is 2.88. The molecule has 0 aliphatic carbocycles. The van der Waals surface area contributed by atoms with Crippen molar-refractivity contribution in [3.05, 3.63) is 102 Å². The quantitative estimate of drug-likeness (QED) is 0.176. The fourth-order valence-electron chi connectivity index (χ4n) is 3.58. The third-order valence-electron chi connectivity index (χ3n) is 5.64. The number of halogens is 1. The van der Waals surface area contributed by atoms with Gasteiger partial charge in [-0.1, -0.05) is 61.7 Å². The van der Waals surface area contributed by atoms with Crippen LogP contribution in [0.3, 0.4) is 0 Å². The molecular weight excluding hydrogens is 487 g/mol. The van der Waals surface area contributed by atoms with Gasteiger partial charge in [0.15, 0.2) is 0 Å². The highest BCUT2D eigenvalue weighted by atomic mass is 19.1. The van der Waals surface area contributed by atoms with Gasteiger partial charge in [0.1, 0.15) is 24.8 Å². The van der Waals surface area contributed by atoms with E-state index in [2.05, 4.69) is 13.2 Å². The predicted octanol–water partition coefficient (Wildman–Crippen LogP) is 6.41. The van der Waals surface area contributed by atoms with Crippen molar-refractivity contribution in [2.75, 3.05) is 13.2 Å². The van der Waals surface area contributed by atoms with Crippen LogP contribution < -0.4 is 4.74 Å². The fraction of sp³-hybridized carbons (Fsp3) is 0.194. The number of carbonyl (C=O) groups excluding carboxylic acids is 3. The number of hydrogen-bond acceptors (Lipinski definition) is 6. The van der Waals surface area contributed by atoms with Crippen LogP contribution in [0.2, 0.25) is 0 Å². The van der Waals surface area contributed by atoms with E-state index < -0.39 is 29.6 Å². The summed E-state index contributed by atoms with van der Waals surface area (Å²) in [6.45, 7) is 11.6. The first-order valence-electron chi connectivity index (χ1n) is 11.9. The molecule has 0 heterocycles. The molecule has 3 aromatic rings. The minimum Gasteiger partial charge on any atom is -0.462 e. The minimum absolute atomic E-state index is 0.00587. The van der Waals surface area contributed by atoms with Crippen LogP contribution in [0, 0.1) is 5.82 Å². The van der Waals surface area contributed by atoms with E-state index in [-0.39, 0.29) is 24.4 Å². The molecule has 7 heteroatoms. The Morgan fingerprint density at radius 3 is 1.71 bits per heavy atom. The molecule has 196 valence electrons. The predicted molar refractivity (Wildman–Crippen MR) is 143 cm³/mol. The highest BCUT2D eigenvalue weighted by molar-refractivity contribution is 5.87. The van der Waals surface area contributed by atoms with Gasteiger partial charge in [-0.05, 0) is 54.3 Å². The average molecular weight is 517 g/mol. The molecule has 0 aliphatic rings. The van der Waals surface area contributed by atoms with E-state index in [9.17, 15) is 14.4 Å². The summed E-state index contributed by atoms with van der Waals surface area (Å²) in [5.74, 6) is -1.91. The molecule has 0 radical (unpaired) electrons. The van der Waals surface area contributed by atoms with Crippen molar-refractivity contribution >= 4 is 17.9 Å². The van der Waals surface area contributed by atoms with Gasteiger partial charge in [0, 0.05) is 23.6 Å². The smallest absolute Gasteiger partial charge is 0.333 e. The molecule has 0 amide bonds. The third kappa shape index (κ3) is 7.49. The molecule has 38 heavy (non-hydrogen) atoms. The summed E-state index contributed by atoms with van der Waals surface area (Å²) >= 11 is 0. The Bertz CT molecular complexity index is 1330. The van der Waals surface area contributed by atoms with Crippen LogP contribution in [0.15, 0.2) is 91.0 Å². The highest BCUT2D eigenvalue weighted by Crippen LogP contribution is 2.30. The number of ether oxygens (including phenoxy) is 3. The van der Waals surface area contributed by atoms with Crippen molar-refractivity contribution in [2.24, 2.45) is 0 Å². The van der Waals surface area contributed by atoms with Crippen molar-refractivity contribution in [1.82, 2.24) is 0 Å². The molecule has 0 fully saturated rings. The van der Waals surface area contributed by atoms with Gasteiger partial charge in [-0.3, -0.25) is 4.79 Å². The minimum atomic E-state index is -0.533. The largest absolute Gasteiger partial charge is 0.462 e. The molecule has 0 atom stereocenters. The van der Waals surface area contributed by atoms with Gasteiger partial charge in [-0.2, -0.15) is 0 Å². The van der Waals surface area contributed by atoms with E-state index in [1.807, 2.05) is 30.3 Å². The van der Waals surface area contributed by atoms with Crippen LogP contribution in [0.5, 0.6) is 5.75 Å². The molecule has 0 saturated heterocycles. The lowest BCUT2D eigenvalue weighted by molar-refractivity contribution is -0.142. The van der Waals surface area contributed by atoms with Gasteiger partial charge in [0.05, 0.1) is 5.92 Å². The highest BCUT2D eigenvalue weighted by Gasteiger charge is 2.18. The van der Waals surface area contributed by atoms with Crippen LogP contribution in [0.1, 0.15) is 32.3 Å². The molecule has 3 rings (SSSR count). The SMILES string of the molecule is C=C(C)C(=O)OCC(COC(=O)C(=C)C)c1ccc(-c2ccc(-c3ccc(OC(C)=O)cc3)c(F)c2)cc1. The zero-order valence-electron chi connectivity index (χ0n) is 21.6. The lowest BCUT2D eigenvalue weighted by atomic mass is 9.95. The molecular formula is C31H29FO6. The Balaban J connectivity index is 1.78. The summed E-state index contributed by atoms with van der Waals surface area (Å²) in [5.41, 5.74) is 3.83. The van der Waals surface area contributed by atoms with E-state index in [0.29, 0.717) is 22.4 Å². The van der Waals surface area contributed by atoms with E-state index in [4.69, 9.17) is 14.2 Å². The Morgan fingerprint density at radius 1 is 0.737 bits per heavy atom. The summed E-state index contributed by atoms with van der Waals surface area (Å²) < 4.78 is 30.6. The van der Waals surface area contributed by atoms with Gasteiger partial charge in [-0.15, -0.1) is 0 Å². The van der Waals surface area contributed by atoms with Crippen LogP contribution in [-0.4, -0.2) is 31.1 Å². The maximum atomic E-state index is 15.0. The summed E-state index contributed by atoms with van der Waals surface area (Å²) in [5, 5.41) is 0. The van der Waals surface area contributed by atoms with Crippen molar-refractivity contribution in [1.29, 1.82) is 0 Å². The van der Waals surface area contributed by atoms with E-state index in [0.717, 1.165) is 11.1 Å². The van der Waals surface area contributed by atoms with Crippen molar-refractivity contribution < 1.29 is 33.0 Å². The third-order valence-corrected chi connectivity index (χ3v) is 5.64. The number of esters is 3. The number of benzene rings is 3. The van der Waals surface area contributed by atoms with Crippen molar-refractivity contribution in [3.63, 3.8) is 0 Å². The molecule has 0 unspecified atom stereocenters. The molecule has 0 saturated carbocycles. The van der Waals surface area contributed by atoms with Gasteiger partial charge in [-0.25, -0.2) is 14.0 Å². The first kappa shape index (κ1) is 28.1. The Morgan fingerprint density at radius 2 is 1.24 bits per heavy atom. The standard InChI is InChI=1S/C31H29FO6/c1-19(2)30(34)36-17-26(18-37-31(35)20(3)4)23-8-6-22(7-9-23)25-12-15-28(29(32)16-25)24-10-13-27(14-11-24)38-21(5)33/h6-16,26H,1,3,17-18H2,2,4-5H3. The number of rotatable bonds is 10. The van der Waals surface area contributed by atoms with Crippen LogP contribution in [0.25, 0.3) is 22.3 Å². The first-order chi connectivity index (χ1) is 18.0. The maximum Gasteiger partial charge on any atom is 0.333 e. The Kier molecular flexibility index (Phi) is 9.33. The normalized spacial score (nSPS) is 10.6. The van der Waals surface area contributed by atoms with Crippen LogP contribution in [0.4, 0.5) is 4.39 Å². The first-order valence-corrected chi connectivity index (χ1v) is 11.9. The summed E-state index contributed by atoms with van der Waals surface area (Å²) in [4.78, 5) is 34.9. The number of carbonyl (C=O) groups is 3. The van der Waals surface area contributed by atoms with Crippen LogP contribution in [-0.2, 0) is 23.9 Å². The second kappa shape index (κ2) is 12.6. The molecule has 3 aromatic carbocycles. The zero-order valence-corrected chi connectivity index (χ0v) is 21.6. The van der Waals surface area contributed by atoms with Crippen molar-refractivity contribution in [3.8, 4) is 28.0 Å². The van der Waals surface area contributed by atoms with Gasteiger partial charge >= 0.3 is 17.9 Å². The van der Waals surface area contributed by atoms with Crippen molar-refractivity contribution in [2.45, 2.75) is 26.7 Å². The molecule has 0 N–H and O–H groups in total. The maximum absolute atomic E-state index is 15.0. The molecule has 0 aromatic heterocycles. The van der Waals surface area contributed by atoms with E-state index in [1.165, 1.54) is 13.0 Å². The fourth-order valence-corrected chi connectivity index (χ4v) is 3.58. The van der Waals surface area contributed by atoms with Gasteiger partial charge in [0.2, 0.25) is 0 Å². The molecule has 0 aliphatic heterocycles. The van der Waals surface area contributed by atoms with Crippen LogP contribution >= 0.6 is 0 Å². The molecule has 0 bridgehead atoms. The molecule has 6 nitrogen and oxygen atoms in total. The lowest BCUT2D eigenvalue weighted by Gasteiger charge is -2.18. The summed E-state index contributed by atoms with van der Waals surface area (Å²) in [6, 6.07) is 18.8. The number of hydrogen-bond donors (Lipinski definition) is 0. The summed E-state index contributed by atoms with van der Waals surface area (Å²) in [6.07, 6.45) is 0. The summed E-state index contributed by atoms with van der Waals surface area (Å²) in [7, 11) is 0.